The predicted octanol–water partition coefficient (Wildman–Crippen LogP) is 4.27. The Labute approximate surface area is 137 Å². The molecule has 0 radical (unpaired) electrons. The monoisotopic (exact) mass is 333 g/mol. The number of fused-ring (bicyclic) bond motifs is 1. The highest BCUT2D eigenvalue weighted by Crippen LogP contribution is 2.38. The van der Waals surface area contributed by atoms with Gasteiger partial charge in [-0.05, 0) is 24.5 Å². The first-order chi connectivity index (χ1) is 11.2. The molecule has 1 aromatic heterocycles. The molecule has 126 valence electrons. The summed E-state index contributed by atoms with van der Waals surface area (Å²) < 4.78 is 32.2. The summed E-state index contributed by atoms with van der Waals surface area (Å²) >= 11 is 0. The number of halogens is 2. The Morgan fingerprint density at radius 3 is 2.62 bits per heavy atom. The van der Waals surface area contributed by atoms with Gasteiger partial charge in [0.05, 0.1) is 11.3 Å². The minimum Gasteiger partial charge on any atom is -0.455 e. The van der Waals surface area contributed by atoms with Crippen LogP contribution in [0.1, 0.15) is 52.5 Å². The molecular weight excluding hydrogens is 316 g/mol. The first-order valence-corrected chi connectivity index (χ1v) is 7.60. The summed E-state index contributed by atoms with van der Waals surface area (Å²) in [4.78, 5) is 24.7. The zero-order valence-electron chi connectivity index (χ0n) is 13.6. The zero-order chi connectivity index (χ0) is 17.6. The fraction of sp³-hybridized carbons (Fsp3) is 0.333. The predicted molar refractivity (Wildman–Crippen MR) is 84.2 cm³/mol. The van der Waals surface area contributed by atoms with Crippen molar-refractivity contribution in [2.75, 3.05) is 5.32 Å². The number of ketones is 1. The Kier molecular flexibility index (Phi) is 3.78. The molecular formula is C18H17F2NO3. The first-order valence-electron chi connectivity index (χ1n) is 7.60. The number of Topliss-reactive ketones (excluding diaryl/α,β-unsaturated/α-hetero) is 1. The van der Waals surface area contributed by atoms with E-state index < -0.39 is 17.5 Å². The fourth-order valence-corrected chi connectivity index (χ4v) is 3.07. The molecule has 0 fully saturated rings. The normalized spacial score (nSPS) is 16.0. The lowest BCUT2D eigenvalue weighted by molar-refractivity contribution is 0.0898. The third kappa shape index (κ3) is 2.84. The number of amides is 1. The molecule has 3 rings (SSSR count). The van der Waals surface area contributed by atoms with Gasteiger partial charge in [-0.15, -0.1) is 0 Å². The lowest BCUT2D eigenvalue weighted by atomic mass is 9.76. The molecule has 0 saturated carbocycles. The van der Waals surface area contributed by atoms with Gasteiger partial charge in [-0.1, -0.05) is 13.8 Å². The van der Waals surface area contributed by atoms with E-state index in [1.807, 2.05) is 13.8 Å². The number of hydrogen-bond acceptors (Lipinski definition) is 3. The Hall–Kier alpha value is -2.50. The fourth-order valence-electron chi connectivity index (χ4n) is 3.07. The highest BCUT2D eigenvalue weighted by Gasteiger charge is 2.37. The maximum atomic E-state index is 13.7. The van der Waals surface area contributed by atoms with Crippen LogP contribution >= 0.6 is 0 Å². The van der Waals surface area contributed by atoms with Crippen LogP contribution in [-0.4, -0.2) is 11.7 Å². The molecule has 1 heterocycles. The van der Waals surface area contributed by atoms with E-state index >= 15 is 0 Å². The molecule has 0 spiro atoms. The lowest BCUT2D eigenvalue weighted by Gasteiger charge is -2.27. The minimum absolute atomic E-state index is 0.0187. The molecule has 0 unspecified atom stereocenters. The number of carbonyl (C=O) groups excluding carboxylic acids is 2. The number of rotatable bonds is 2. The van der Waals surface area contributed by atoms with E-state index in [1.165, 1.54) is 0 Å². The van der Waals surface area contributed by atoms with Crippen LogP contribution in [0, 0.1) is 24.0 Å². The zero-order valence-corrected chi connectivity index (χ0v) is 13.6. The van der Waals surface area contributed by atoms with Gasteiger partial charge in [0.2, 0.25) is 0 Å². The van der Waals surface area contributed by atoms with Crippen LogP contribution in [0.15, 0.2) is 22.6 Å². The van der Waals surface area contributed by atoms with E-state index in [0.29, 0.717) is 35.8 Å². The molecule has 2 aromatic rings. The average molecular weight is 333 g/mol. The Morgan fingerprint density at radius 2 is 1.96 bits per heavy atom. The molecule has 6 heteroatoms. The summed E-state index contributed by atoms with van der Waals surface area (Å²) in [5, 5.41) is 2.35. The molecule has 1 aliphatic rings. The maximum Gasteiger partial charge on any atom is 0.291 e. The van der Waals surface area contributed by atoms with E-state index in [9.17, 15) is 18.4 Å². The van der Waals surface area contributed by atoms with Crippen molar-refractivity contribution in [1.82, 2.24) is 0 Å². The SMILES string of the molecule is Cc1c(C(=O)Nc2ccc(F)cc2F)oc2c1C(=O)CC(C)(C)C2. The second kappa shape index (κ2) is 5.54. The summed E-state index contributed by atoms with van der Waals surface area (Å²) in [7, 11) is 0. The van der Waals surface area contributed by atoms with Crippen LogP contribution in [0.5, 0.6) is 0 Å². The molecule has 0 atom stereocenters. The molecule has 4 nitrogen and oxygen atoms in total. The summed E-state index contributed by atoms with van der Waals surface area (Å²) in [5.74, 6) is -1.88. The van der Waals surface area contributed by atoms with Crippen molar-refractivity contribution in [3.8, 4) is 0 Å². The molecule has 0 aliphatic heterocycles. The topological polar surface area (TPSA) is 59.3 Å². The highest BCUT2D eigenvalue weighted by atomic mass is 19.1. The number of nitrogens with one attached hydrogen (secondary N) is 1. The van der Waals surface area contributed by atoms with Gasteiger partial charge in [-0.25, -0.2) is 8.78 Å². The van der Waals surface area contributed by atoms with Crippen molar-refractivity contribution in [1.29, 1.82) is 0 Å². The number of benzene rings is 1. The van der Waals surface area contributed by atoms with E-state index in [-0.39, 0.29) is 22.6 Å². The molecule has 24 heavy (non-hydrogen) atoms. The van der Waals surface area contributed by atoms with Crippen LogP contribution in [0.2, 0.25) is 0 Å². The average Bonchev–Trinajstić information content (AvgIpc) is 2.77. The van der Waals surface area contributed by atoms with Crippen molar-refractivity contribution < 1.29 is 22.8 Å². The third-order valence-electron chi connectivity index (χ3n) is 4.16. The summed E-state index contributed by atoms with van der Waals surface area (Å²) in [6.07, 6.45) is 0.932. The number of carbonyl (C=O) groups is 2. The summed E-state index contributed by atoms with van der Waals surface area (Å²) in [5.41, 5.74) is 0.511. The van der Waals surface area contributed by atoms with E-state index in [1.54, 1.807) is 6.92 Å². The van der Waals surface area contributed by atoms with Crippen LogP contribution in [-0.2, 0) is 6.42 Å². The smallest absolute Gasteiger partial charge is 0.291 e. The van der Waals surface area contributed by atoms with Gasteiger partial charge < -0.3 is 9.73 Å². The minimum atomic E-state index is -0.880. The molecule has 0 saturated heterocycles. The van der Waals surface area contributed by atoms with E-state index in [4.69, 9.17) is 4.42 Å². The van der Waals surface area contributed by atoms with Crippen LogP contribution in [0.3, 0.4) is 0 Å². The van der Waals surface area contributed by atoms with Crippen LogP contribution < -0.4 is 5.32 Å². The van der Waals surface area contributed by atoms with E-state index in [0.717, 1.165) is 12.1 Å². The largest absolute Gasteiger partial charge is 0.455 e. The van der Waals surface area contributed by atoms with Gasteiger partial charge in [0.25, 0.3) is 5.91 Å². The number of furan rings is 1. The molecule has 1 aromatic carbocycles. The Morgan fingerprint density at radius 1 is 1.25 bits per heavy atom. The summed E-state index contributed by atoms with van der Waals surface area (Å²) in [6, 6.07) is 2.86. The van der Waals surface area contributed by atoms with Gasteiger partial charge in [0.15, 0.2) is 11.5 Å². The standard InChI is InChI=1S/C18H17F2NO3/c1-9-15-13(22)7-18(2,3)8-14(15)24-16(9)17(23)21-12-5-4-10(19)6-11(12)20/h4-6H,7-8H2,1-3H3,(H,21,23). The van der Waals surface area contributed by atoms with Gasteiger partial charge >= 0.3 is 0 Å². The van der Waals surface area contributed by atoms with Crippen molar-refractivity contribution in [3.05, 3.63) is 52.5 Å². The third-order valence-corrected chi connectivity index (χ3v) is 4.16. The second-order valence-electron chi connectivity index (χ2n) is 6.87. The highest BCUT2D eigenvalue weighted by molar-refractivity contribution is 6.07. The quantitative estimate of drug-likeness (QED) is 0.892. The number of anilines is 1. The first kappa shape index (κ1) is 16.4. The number of hydrogen-bond donors (Lipinski definition) is 1. The van der Waals surface area contributed by atoms with Gasteiger partial charge in [0.1, 0.15) is 17.4 Å². The molecule has 1 aliphatic carbocycles. The van der Waals surface area contributed by atoms with Gasteiger partial charge in [-0.2, -0.15) is 0 Å². The molecule has 1 amide bonds. The Balaban J connectivity index is 1.93. The summed E-state index contributed by atoms with van der Waals surface area (Å²) in [6.45, 7) is 5.55. The van der Waals surface area contributed by atoms with Crippen molar-refractivity contribution in [2.24, 2.45) is 5.41 Å². The molecule has 0 bridgehead atoms. The van der Waals surface area contributed by atoms with Gasteiger partial charge in [0, 0.05) is 24.5 Å². The van der Waals surface area contributed by atoms with Crippen LogP contribution in [0.4, 0.5) is 14.5 Å². The lowest BCUT2D eigenvalue weighted by Crippen LogP contribution is -2.26. The maximum absolute atomic E-state index is 13.7. The van der Waals surface area contributed by atoms with E-state index in [2.05, 4.69) is 5.32 Å². The van der Waals surface area contributed by atoms with Gasteiger partial charge in [-0.3, -0.25) is 9.59 Å². The van der Waals surface area contributed by atoms with Crippen molar-refractivity contribution >= 4 is 17.4 Å². The van der Waals surface area contributed by atoms with Crippen molar-refractivity contribution in [3.63, 3.8) is 0 Å². The second-order valence-corrected chi connectivity index (χ2v) is 6.87. The molecule has 1 N–H and O–H groups in total. The Bertz CT molecular complexity index is 852. The van der Waals surface area contributed by atoms with Crippen molar-refractivity contribution in [2.45, 2.75) is 33.6 Å². The van der Waals surface area contributed by atoms with Crippen LogP contribution in [0.25, 0.3) is 0 Å².